The van der Waals surface area contributed by atoms with Crippen LogP contribution < -0.4 is 5.32 Å². The lowest BCUT2D eigenvalue weighted by molar-refractivity contribution is 0.590. The van der Waals surface area contributed by atoms with Gasteiger partial charge in [-0.2, -0.15) is 0 Å². The summed E-state index contributed by atoms with van der Waals surface area (Å²) in [6.45, 7) is 18.1. The SMILES string of the molecule is CC(C)Cc1cccc(-c2cc(C(C)(C)C)ccc2Nc2ccc3c(c2)oc2ccc(C(C)(C)C)cc23)c1. The van der Waals surface area contributed by atoms with Crippen molar-refractivity contribution in [3.63, 3.8) is 0 Å². The average Bonchev–Trinajstić information content (AvgIpc) is 3.20. The summed E-state index contributed by atoms with van der Waals surface area (Å²) in [4.78, 5) is 0. The van der Waals surface area contributed by atoms with Gasteiger partial charge in [-0.25, -0.2) is 0 Å². The van der Waals surface area contributed by atoms with Gasteiger partial charge in [0.25, 0.3) is 0 Å². The molecule has 2 nitrogen and oxygen atoms in total. The van der Waals surface area contributed by atoms with E-state index in [1.165, 1.54) is 33.2 Å². The van der Waals surface area contributed by atoms with E-state index in [1.54, 1.807) is 0 Å². The summed E-state index contributed by atoms with van der Waals surface area (Å²) < 4.78 is 6.29. The summed E-state index contributed by atoms with van der Waals surface area (Å²) in [7, 11) is 0. The number of furan rings is 1. The van der Waals surface area contributed by atoms with E-state index in [-0.39, 0.29) is 10.8 Å². The van der Waals surface area contributed by atoms with Gasteiger partial charge in [-0.1, -0.05) is 91.8 Å². The molecule has 0 atom stereocenters. The van der Waals surface area contributed by atoms with Crippen LogP contribution in [0.25, 0.3) is 33.1 Å². The molecule has 0 aliphatic rings. The Bertz CT molecular complexity index is 1600. The molecule has 0 aliphatic heterocycles. The topological polar surface area (TPSA) is 25.2 Å². The Morgan fingerprint density at radius 1 is 0.684 bits per heavy atom. The fourth-order valence-electron chi connectivity index (χ4n) is 5.17. The number of rotatable bonds is 5. The molecule has 0 amide bonds. The lowest BCUT2D eigenvalue weighted by Gasteiger charge is -2.22. The number of benzene rings is 4. The van der Waals surface area contributed by atoms with Gasteiger partial charge in [-0.3, -0.25) is 0 Å². The van der Waals surface area contributed by atoms with Crippen molar-refractivity contribution in [1.82, 2.24) is 0 Å². The largest absolute Gasteiger partial charge is 0.456 e. The van der Waals surface area contributed by atoms with Crippen molar-refractivity contribution >= 4 is 33.3 Å². The lowest BCUT2D eigenvalue weighted by Crippen LogP contribution is -2.11. The minimum absolute atomic E-state index is 0.0713. The summed E-state index contributed by atoms with van der Waals surface area (Å²) >= 11 is 0. The first kappa shape index (κ1) is 26.1. The number of hydrogen-bond donors (Lipinski definition) is 1. The quantitative estimate of drug-likeness (QED) is 0.258. The highest BCUT2D eigenvalue weighted by atomic mass is 16.3. The first-order valence-electron chi connectivity index (χ1n) is 13.9. The maximum atomic E-state index is 6.29. The van der Waals surface area contributed by atoms with Gasteiger partial charge in [0.1, 0.15) is 11.2 Å². The first-order valence-corrected chi connectivity index (χ1v) is 13.9. The van der Waals surface area contributed by atoms with Crippen LogP contribution in [0.5, 0.6) is 0 Å². The number of fused-ring (bicyclic) bond motifs is 3. The highest BCUT2D eigenvalue weighted by Gasteiger charge is 2.18. The van der Waals surface area contributed by atoms with Gasteiger partial charge >= 0.3 is 0 Å². The Kier molecular flexibility index (Phi) is 6.63. The zero-order valence-electron chi connectivity index (χ0n) is 24.2. The zero-order chi connectivity index (χ0) is 27.2. The van der Waals surface area contributed by atoms with Gasteiger partial charge in [0.05, 0.1) is 0 Å². The molecule has 4 aromatic carbocycles. The van der Waals surface area contributed by atoms with Crippen LogP contribution in [0.4, 0.5) is 11.4 Å². The molecule has 1 heterocycles. The second kappa shape index (κ2) is 9.66. The molecular formula is C36H41NO. The van der Waals surface area contributed by atoms with Crippen LogP contribution in [0.15, 0.2) is 83.3 Å². The van der Waals surface area contributed by atoms with E-state index in [4.69, 9.17) is 4.42 Å². The Morgan fingerprint density at radius 3 is 2.11 bits per heavy atom. The Morgan fingerprint density at radius 2 is 1.39 bits per heavy atom. The predicted octanol–water partition coefficient (Wildman–Crippen LogP) is 10.8. The fourth-order valence-corrected chi connectivity index (χ4v) is 5.17. The van der Waals surface area contributed by atoms with Crippen LogP contribution in [-0.4, -0.2) is 0 Å². The smallest absolute Gasteiger partial charge is 0.137 e. The average molecular weight is 504 g/mol. The molecule has 0 saturated carbocycles. The Balaban J connectivity index is 1.56. The summed E-state index contributed by atoms with van der Waals surface area (Å²) in [6, 6.07) is 28.9. The molecule has 38 heavy (non-hydrogen) atoms. The molecule has 0 saturated heterocycles. The molecule has 1 N–H and O–H groups in total. The number of nitrogens with one attached hydrogen (secondary N) is 1. The van der Waals surface area contributed by atoms with Gasteiger partial charge < -0.3 is 9.73 Å². The molecule has 0 unspecified atom stereocenters. The van der Waals surface area contributed by atoms with Crippen LogP contribution in [0.1, 0.15) is 72.1 Å². The predicted molar refractivity (Wildman–Crippen MR) is 165 cm³/mol. The van der Waals surface area contributed by atoms with Crippen LogP contribution >= 0.6 is 0 Å². The third-order valence-electron chi connectivity index (χ3n) is 7.38. The molecule has 0 fully saturated rings. The molecule has 5 aromatic rings. The molecule has 0 bridgehead atoms. The lowest BCUT2D eigenvalue weighted by atomic mass is 9.84. The van der Waals surface area contributed by atoms with E-state index < -0.39 is 0 Å². The second-order valence-corrected chi connectivity index (χ2v) is 13.2. The summed E-state index contributed by atoms with van der Waals surface area (Å²) in [5, 5.41) is 6.05. The summed E-state index contributed by atoms with van der Waals surface area (Å²) in [6.07, 6.45) is 1.08. The van der Waals surface area contributed by atoms with E-state index in [0.717, 1.165) is 34.3 Å². The number of anilines is 2. The minimum atomic E-state index is 0.0713. The minimum Gasteiger partial charge on any atom is -0.456 e. The Hall–Kier alpha value is -3.52. The van der Waals surface area contributed by atoms with Crippen LogP contribution in [0.2, 0.25) is 0 Å². The van der Waals surface area contributed by atoms with E-state index in [2.05, 4.69) is 140 Å². The second-order valence-electron chi connectivity index (χ2n) is 13.2. The van der Waals surface area contributed by atoms with Gasteiger partial charge in [0.2, 0.25) is 0 Å². The maximum absolute atomic E-state index is 6.29. The molecule has 0 aliphatic carbocycles. The van der Waals surface area contributed by atoms with Gasteiger partial charge in [0, 0.05) is 33.8 Å². The van der Waals surface area contributed by atoms with Crippen molar-refractivity contribution in [1.29, 1.82) is 0 Å². The zero-order valence-corrected chi connectivity index (χ0v) is 24.2. The van der Waals surface area contributed by atoms with Crippen molar-refractivity contribution in [2.75, 3.05) is 5.32 Å². The van der Waals surface area contributed by atoms with Crippen molar-refractivity contribution in [3.8, 4) is 11.1 Å². The molecule has 2 heteroatoms. The monoisotopic (exact) mass is 503 g/mol. The molecule has 196 valence electrons. The third-order valence-corrected chi connectivity index (χ3v) is 7.38. The van der Waals surface area contributed by atoms with Crippen molar-refractivity contribution in [2.24, 2.45) is 5.92 Å². The molecule has 1 aromatic heterocycles. The number of hydrogen-bond acceptors (Lipinski definition) is 2. The normalized spacial score (nSPS) is 12.6. The Labute approximate surface area is 228 Å². The highest BCUT2D eigenvalue weighted by Crippen LogP contribution is 2.38. The molecular weight excluding hydrogens is 462 g/mol. The van der Waals surface area contributed by atoms with Crippen LogP contribution in [0, 0.1) is 5.92 Å². The van der Waals surface area contributed by atoms with E-state index in [9.17, 15) is 0 Å². The van der Waals surface area contributed by atoms with Crippen LogP contribution in [0.3, 0.4) is 0 Å². The van der Waals surface area contributed by atoms with E-state index in [1.807, 2.05) is 0 Å². The maximum Gasteiger partial charge on any atom is 0.137 e. The van der Waals surface area contributed by atoms with Gasteiger partial charge in [-0.05, 0) is 81.8 Å². The standard InChI is InChI=1S/C36H41NO/c1-23(2)18-24-10-9-11-25(19-24)30-20-26(35(3,4)5)12-16-32(30)37-28-14-15-29-31-21-27(36(6,7)8)13-17-33(31)38-34(29)22-28/h9-17,19-23,37H,18H2,1-8H3. The van der Waals surface area contributed by atoms with Crippen molar-refractivity contribution < 1.29 is 4.42 Å². The van der Waals surface area contributed by atoms with E-state index >= 15 is 0 Å². The summed E-state index contributed by atoms with van der Waals surface area (Å²) in [5.41, 5.74) is 10.6. The van der Waals surface area contributed by atoms with E-state index in [0.29, 0.717) is 5.92 Å². The fraction of sp³-hybridized carbons (Fsp3) is 0.333. The van der Waals surface area contributed by atoms with Gasteiger partial charge in [0.15, 0.2) is 0 Å². The molecule has 0 spiro atoms. The first-order chi connectivity index (χ1) is 17.9. The van der Waals surface area contributed by atoms with Crippen molar-refractivity contribution in [2.45, 2.75) is 72.6 Å². The third kappa shape index (κ3) is 5.36. The summed E-state index contributed by atoms with van der Waals surface area (Å²) in [5.74, 6) is 0.624. The molecule has 5 rings (SSSR count). The highest BCUT2D eigenvalue weighted by molar-refractivity contribution is 6.06. The van der Waals surface area contributed by atoms with Crippen LogP contribution in [-0.2, 0) is 17.3 Å². The van der Waals surface area contributed by atoms with Crippen molar-refractivity contribution in [3.05, 3.63) is 95.6 Å². The molecule has 0 radical (unpaired) electrons. The van der Waals surface area contributed by atoms with Gasteiger partial charge in [-0.15, -0.1) is 0 Å².